The van der Waals surface area contributed by atoms with Gasteiger partial charge in [-0.15, -0.1) is 11.3 Å². The molecular formula is C32H36FN9OS. The molecule has 2 N–H and O–H groups in total. The average molecular weight is 614 g/mol. The second-order valence-electron chi connectivity index (χ2n) is 12.6. The highest BCUT2D eigenvalue weighted by Gasteiger charge is 2.52. The zero-order valence-corrected chi connectivity index (χ0v) is 25.9. The van der Waals surface area contributed by atoms with Crippen LogP contribution in [0.1, 0.15) is 72.7 Å². The van der Waals surface area contributed by atoms with Gasteiger partial charge >= 0.3 is 6.01 Å². The summed E-state index contributed by atoms with van der Waals surface area (Å²) >= 11 is 1.67. The van der Waals surface area contributed by atoms with Crippen molar-refractivity contribution >= 4 is 28.8 Å². The minimum absolute atomic E-state index is 0.121. The Morgan fingerprint density at radius 2 is 2.11 bits per heavy atom. The Kier molecular flexibility index (Phi) is 7.10. The molecule has 3 saturated heterocycles. The standard InChI is InChI=1S/C32H36FN9OS/c1-3-42(20(2)23-6-4-10-37-27(23)36)29-24(14-35)28(40-17-31(18-40)9-7-25-26(31)21(13-34)16-44-25)38-30(39-29)43-19-32-8-5-11-41(32)15-22(33)12-32/h4,6,10,16,20,22H,3,5,7-9,11-12,15,17-19H2,1-2H3,(H2,36,37)/t20-,22-,32+/m1/s1. The number of rotatable bonds is 8. The summed E-state index contributed by atoms with van der Waals surface area (Å²) in [6, 6.07) is 8.54. The van der Waals surface area contributed by atoms with Crippen LogP contribution in [0.4, 0.5) is 21.8 Å². The fraction of sp³-hybridized carbons (Fsp3) is 0.531. The normalized spacial score (nSPS) is 23.9. The molecule has 0 unspecified atom stereocenters. The van der Waals surface area contributed by atoms with E-state index in [0.29, 0.717) is 62.2 Å². The van der Waals surface area contributed by atoms with Gasteiger partial charge in [0.1, 0.15) is 36.3 Å². The lowest BCUT2D eigenvalue weighted by molar-refractivity contribution is 0.107. The molecule has 1 spiro atoms. The first-order valence-electron chi connectivity index (χ1n) is 15.4. The Hall–Kier alpha value is -4.00. The Balaban J connectivity index is 1.26. The summed E-state index contributed by atoms with van der Waals surface area (Å²) in [4.78, 5) is 21.6. The number of anilines is 3. The Bertz CT molecular complexity index is 1670. The minimum atomic E-state index is -0.864. The van der Waals surface area contributed by atoms with E-state index >= 15 is 0 Å². The number of nitrogens with zero attached hydrogens (tertiary/aromatic N) is 8. The van der Waals surface area contributed by atoms with E-state index in [-0.39, 0.29) is 23.0 Å². The molecule has 0 amide bonds. The van der Waals surface area contributed by atoms with Crippen LogP contribution in [0.2, 0.25) is 0 Å². The van der Waals surface area contributed by atoms with E-state index in [1.165, 1.54) is 10.4 Å². The van der Waals surface area contributed by atoms with Crippen LogP contribution in [-0.4, -0.2) is 70.9 Å². The van der Waals surface area contributed by atoms with Crippen LogP contribution in [0.15, 0.2) is 23.7 Å². The summed E-state index contributed by atoms with van der Waals surface area (Å²) < 4.78 is 20.9. The fourth-order valence-electron chi connectivity index (χ4n) is 8.10. The van der Waals surface area contributed by atoms with E-state index < -0.39 is 6.17 Å². The first-order valence-corrected chi connectivity index (χ1v) is 16.3. The molecule has 12 heteroatoms. The molecule has 10 nitrogen and oxygen atoms in total. The van der Waals surface area contributed by atoms with Crippen LogP contribution in [0, 0.1) is 22.7 Å². The number of alkyl halides is 1. The number of halogens is 1. The highest BCUT2D eigenvalue weighted by molar-refractivity contribution is 7.10. The summed E-state index contributed by atoms with van der Waals surface area (Å²) in [7, 11) is 0. The van der Waals surface area contributed by atoms with Gasteiger partial charge in [0.15, 0.2) is 11.6 Å². The second kappa shape index (κ2) is 10.9. The van der Waals surface area contributed by atoms with Crippen molar-refractivity contribution in [2.24, 2.45) is 0 Å². The van der Waals surface area contributed by atoms with Crippen molar-refractivity contribution in [2.45, 2.75) is 69.1 Å². The molecule has 4 aliphatic rings. The summed E-state index contributed by atoms with van der Waals surface area (Å²) in [5.74, 6) is 1.43. The fourth-order valence-corrected chi connectivity index (χ4v) is 9.19. The number of aromatic nitrogens is 3. The molecule has 44 heavy (non-hydrogen) atoms. The van der Waals surface area contributed by atoms with Gasteiger partial charge in [0.25, 0.3) is 0 Å². The number of hydrogen-bond acceptors (Lipinski definition) is 11. The molecule has 6 heterocycles. The average Bonchev–Trinajstić information content (AvgIpc) is 3.75. The first-order chi connectivity index (χ1) is 21.3. The predicted octanol–water partition coefficient (Wildman–Crippen LogP) is 4.51. The molecule has 228 valence electrons. The van der Waals surface area contributed by atoms with Crippen molar-refractivity contribution in [3.05, 3.63) is 50.8 Å². The molecule has 7 rings (SSSR count). The zero-order valence-electron chi connectivity index (χ0n) is 25.1. The third-order valence-corrected chi connectivity index (χ3v) is 11.3. The van der Waals surface area contributed by atoms with E-state index in [1.807, 2.05) is 36.3 Å². The van der Waals surface area contributed by atoms with Gasteiger partial charge < -0.3 is 20.3 Å². The van der Waals surface area contributed by atoms with Gasteiger partial charge in [-0.2, -0.15) is 20.5 Å². The van der Waals surface area contributed by atoms with Crippen LogP contribution in [-0.2, 0) is 11.8 Å². The Morgan fingerprint density at radius 3 is 2.86 bits per heavy atom. The highest BCUT2D eigenvalue weighted by Crippen LogP contribution is 2.51. The Labute approximate surface area is 260 Å². The molecule has 3 aromatic heterocycles. The van der Waals surface area contributed by atoms with Gasteiger partial charge in [-0.05, 0) is 57.7 Å². The van der Waals surface area contributed by atoms with Crippen LogP contribution < -0.4 is 20.3 Å². The lowest BCUT2D eigenvalue weighted by atomic mass is 9.74. The van der Waals surface area contributed by atoms with Crippen LogP contribution in [0.25, 0.3) is 0 Å². The predicted molar refractivity (Wildman–Crippen MR) is 167 cm³/mol. The highest BCUT2D eigenvalue weighted by atomic mass is 32.1. The summed E-state index contributed by atoms with van der Waals surface area (Å²) in [5.41, 5.74) is 8.94. The van der Waals surface area contributed by atoms with Crippen molar-refractivity contribution in [3.8, 4) is 18.1 Å². The zero-order chi connectivity index (χ0) is 30.6. The lowest BCUT2D eigenvalue weighted by Gasteiger charge is -2.49. The second-order valence-corrected chi connectivity index (χ2v) is 13.6. The van der Waals surface area contributed by atoms with Crippen molar-refractivity contribution in [1.29, 1.82) is 10.5 Å². The first kappa shape index (κ1) is 28.8. The van der Waals surface area contributed by atoms with Gasteiger partial charge in [0, 0.05) is 60.0 Å². The number of ether oxygens (including phenoxy) is 1. The lowest BCUT2D eigenvalue weighted by Crippen LogP contribution is -2.59. The van der Waals surface area contributed by atoms with E-state index in [1.54, 1.807) is 17.5 Å². The van der Waals surface area contributed by atoms with Crippen LogP contribution >= 0.6 is 11.3 Å². The number of hydrogen-bond donors (Lipinski definition) is 1. The smallest absolute Gasteiger partial charge is 0.320 e. The van der Waals surface area contributed by atoms with Crippen molar-refractivity contribution in [3.63, 3.8) is 0 Å². The van der Waals surface area contributed by atoms with Gasteiger partial charge in [-0.25, -0.2) is 9.37 Å². The molecule has 3 atom stereocenters. The number of nitrogens with two attached hydrogens (primary N) is 1. The van der Waals surface area contributed by atoms with E-state index in [0.717, 1.165) is 43.4 Å². The van der Waals surface area contributed by atoms with E-state index in [9.17, 15) is 14.9 Å². The molecule has 3 aliphatic heterocycles. The van der Waals surface area contributed by atoms with Crippen molar-refractivity contribution in [1.82, 2.24) is 19.9 Å². The third-order valence-electron chi connectivity index (χ3n) is 10.2. The van der Waals surface area contributed by atoms with Gasteiger partial charge in [0.05, 0.1) is 17.1 Å². The maximum Gasteiger partial charge on any atom is 0.320 e. The van der Waals surface area contributed by atoms with Crippen molar-refractivity contribution < 1.29 is 9.13 Å². The number of thiophene rings is 1. The largest absolute Gasteiger partial charge is 0.461 e. The SMILES string of the molecule is CCN(c1nc(OC[C@@]23CCCN2C[C@H](F)C3)nc(N2CC3(CCc4scc(C#N)c43)C2)c1C#N)[C@H](C)c1cccnc1N. The topological polar surface area (TPSA) is 131 Å². The van der Waals surface area contributed by atoms with Crippen LogP contribution in [0.3, 0.4) is 0 Å². The number of nitrogen functional groups attached to an aromatic ring is 1. The molecule has 1 aliphatic carbocycles. The monoisotopic (exact) mass is 613 g/mol. The van der Waals surface area contributed by atoms with Crippen molar-refractivity contribution in [2.75, 3.05) is 54.9 Å². The third kappa shape index (κ3) is 4.46. The number of fused-ring (bicyclic) bond motifs is 3. The molecule has 0 saturated carbocycles. The number of nitriles is 2. The number of pyridine rings is 1. The van der Waals surface area contributed by atoms with Gasteiger partial charge in [-0.1, -0.05) is 6.07 Å². The molecular weight excluding hydrogens is 577 g/mol. The van der Waals surface area contributed by atoms with E-state index in [2.05, 4.69) is 26.9 Å². The maximum atomic E-state index is 14.5. The molecule has 0 radical (unpaired) electrons. The minimum Gasteiger partial charge on any atom is -0.461 e. The quantitative estimate of drug-likeness (QED) is 0.387. The summed E-state index contributed by atoms with van der Waals surface area (Å²) in [5, 5.41) is 22.3. The van der Waals surface area contributed by atoms with Gasteiger partial charge in [-0.3, -0.25) is 4.90 Å². The molecule has 0 bridgehead atoms. The summed E-state index contributed by atoms with van der Waals surface area (Å²) in [6.07, 6.45) is 5.07. The van der Waals surface area contributed by atoms with Gasteiger partial charge in [0.2, 0.25) is 0 Å². The summed E-state index contributed by atoms with van der Waals surface area (Å²) in [6.45, 7) is 7.51. The Morgan fingerprint density at radius 1 is 1.27 bits per heavy atom. The van der Waals surface area contributed by atoms with Crippen LogP contribution in [0.5, 0.6) is 6.01 Å². The number of aryl methyl sites for hydroxylation is 1. The molecule has 0 aromatic carbocycles. The van der Waals surface area contributed by atoms with E-state index in [4.69, 9.17) is 20.4 Å². The maximum absolute atomic E-state index is 14.5. The molecule has 3 aromatic rings. The molecule has 3 fully saturated rings.